The van der Waals surface area contributed by atoms with Crippen molar-refractivity contribution in [3.63, 3.8) is 0 Å². The van der Waals surface area contributed by atoms with Crippen molar-refractivity contribution in [1.29, 1.82) is 0 Å². The van der Waals surface area contributed by atoms with E-state index in [1.54, 1.807) is 0 Å². The topological polar surface area (TPSA) is 50.7 Å². The monoisotopic (exact) mass is 350 g/mol. The molecule has 2 aromatic carbocycles. The summed E-state index contributed by atoms with van der Waals surface area (Å²) >= 11 is 0. The number of rotatable bonds is 9. The number of hydrogen-bond acceptors (Lipinski definition) is 3. The lowest BCUT2D eigenvalue weighted by Crippen LogP contribution is -2.25. The summed E-state index contributed by atoms with van der Waals surface area (Å²) in [6, 6.07) is 17.8. The highest BCUT2D eigenvalue weighted by Gasteiger charge is 2.02. The summed E-state index contributed by atoms with van der Waals surface area (Å²) in [4.78, 5) is 11.8. The summed E-state index contributed by atoms with van der Waals surface area (Å²) in [5.41, 5.74) is 5.58. The minimum atomic E-state index is -0.285. The molecule has 26 heavy (non-hydrogen) atoms. The van der Waals surface area contributed by atoms with Crippen molar-refractivity contribution in [2.75, 3.05) is 6.61 Å². The van der Waals surface area contributed by atoms with Gasteiger partial charge in [0.25, 0.3) is 5.91 Å². The van der Waals surface area contributed by atoms with E-state index in [-0.39, 0.29) is 12.5 Å². The van der Waals surface area contributed by atoms with Gasteiger partial charge in [0.15, 0.2) is 6.61 Å². The summed E-state index contributed by atoms with van der Waals surface area (Å²) in [6.45, 7) is 3.95. The third kappa shape index (κ3) is 7.34. The summed E-state index contributed by atoms with van der Waals surface area (Å²) in [5.74, 6) is 0.401. The molecular weight excluding hydrogens is 324 g/mol. The molecule has 0 aliphatic carbocycles. The van der Waals surface area contributed by atoms with E-state index in [4.69, 9.17) is 4.74 Å². The molecular formula is C22H26N2O2. The van der Waals surface area contributed by atoms with Gasteiger partial charge in [-0.3, -0.25) is 4.79 Å². The normalized spacial score (nSPS) is 11.5. The molecule has 0 aromatic heterocycles. The van der Waals surface area contributed by atoms with Crippen LogP contribution in [0.1, 0.15) is 37.8 Å². The highest BCUT2D eigenvalue weighted by molar-refractivity contribution is 5.97. The molecule has 0 spiro atoms. The zero-order valence-corrected chi connectivity index (χ0v) is 15.4. The molecule has 0 radical (unpaired) electrons. The molecule has 0 bridgehead atoms. The highest BCUT2D eigenvalue weighted by atomic mass is 16.5. The molecule has 136 valence electrons. The predicted octanol–water partition coefficient (Wildman–Crippen LogP) is 4.61. The van der Waals surface area contributed by atoms with Crippen LogP contribution in [0.15, 0.2) is 65.8 Å². The van der Waals surface area contributed by atoms with Gasteiger partial charge in [0.2, 0.25) is 0 Å². The Hall–Kier alpha value is -2.88. The van der Waals surface area contributed by atoms with Gasteiger partial charge in [0, 0.05) is 0 Å². The minimum absolute atomic E-state index is 0.0620. The van der Waals surface area contributed by atoms with E-state index in [9.17, 15) is 4.79 Å². The third-order valence-electron chi connectivity index (χ3n) is 3.79. The number of carbonyl (C=O) groups excluding carboxylic acids is 1. The Balaban J connectivity index is 1.75. The van der Waals surface area contributed by atoms with Crippen LogP contribution in [0.5, 0.6) is 5.75 Å². The Morgan fingerprint density at radius 2 is 1.85 bits per heavy atom. The zero-order valence-electron chi connectivity index (χ0n) is 15.4. The molecule has 0 heterocycles. The second-order valence-electron chi connectivity index (χ2n) is 6.07. The van der Waals surface area contributed by atoms with Gasteiger partial charge in [-0.2, -0.15) is 5.10 Å². The standard InChI is InChI=1S/C22H26N2O2/c1-3-4-8-20-13-15-21(16-14-20)26-17-22(25)24-23-18(2)11-12-19-9-6-5-7-10-19/h5-7,9-16H,3-4,8,17H2,1-2H3,(H,24,25). The number of allylic oxidation sites excluding steroid dienone is 1. The van der Waals surface area contributed by atoms with Crippen molar-refractivity contribution in [2.45, 2.75) is 33.1 Å². The van der Waals surface area contributed by atoms with Crippen molar-refractivity contribution in [3.05, 3.63) is 71.8 Å². The fourth-order valence-electron chi connectivity index (χ4n) is 2.28. The first kappa shape index (κ1) is 19.4. The fourth-order valence-corrected chi connectivity index (χ4v) is 2.28. The number of unbranched alkanes of at least 4 members (excludes halogenated alkanes) is 1. The van der Waals surface area contributed by atoms with Crippen molar-refractivity contribution < 1.29 is 9.53 Å². The Morgan fingerprint density at radius 3 is 2.54 bits per heavy atom. The van der Waals surface area contributed by atoms with Crippen LogP contribution < -0.4 is 10.2 Å². The molecule has 0 saturated carbocycles. The van der Waals surface area contributed by atoms with Gasteiger partial charge >= 0.3 is 0 Å². The maximum absolute atomic E-state index is 11.8. The van der Waals surface area contributed by atoms with Crippen molar-refractivity contribution in [2.24, 2.45) is 5.10 Å². The van der Waals surface area contributed by atoms with E-state index in [0.717, 1.165) is 12.0 Å². The Labute approximate surface area is 155 Å². The van der Waals surface area contributed by atoms with Crippen LogP contribution in [0.2, 0.25) is 0 Å². The number of aryl methyl sites for hydroxylation is 1. The van der Waals surface area contributed by atoms with E-state index in [1.165, 1.54) is 18.4 Å². The Bertz CT molecular complexity index is 734. The number of ether oxygens (including phenoxy) is 1. The van der Waals surface area contributed by atoms with E-state index in [2.05, 4.69) is 17.5 Å². The van der Waals surface area contributed by atoms with Crippen LogP contribution in [0, 0.1) is 0 Å². The molecule has 0 atom stereocenters. The molecule has 1 N–H and O–H groups in total. The second-order valence-corrected chi connectivity index (χ2v) is 6.07. The van der Waals surface area contributed by atoms with Gasteiger partial charge in [0.05, 0.1) is 5.71 Å². The van der Waals surface area contributed by atoms with Crippen LogP contribution in [-0.4, -0.2) is 18.2 Å². The number of hydrazone groups is 1. The van der Waals surface area contributed by atoms with Crippen LogP contribution in [-0.2, 0) is 11.2 Å². The fraction of sp³-hybridized carbons (Fsp3) is 0.273. The van der Waals surface area contributed by atoms with Gasteiger partial charge in [-0.1, -0.05) is 61.9 Å². The summed E-state index contributed by atoms with van der Waals surface area (Å²) in [5, 5.41) is 4.05. The zero-order chi connectivity index (χ0) is 18.6. The van der Waals surface area contributed by atoms with Gasteiger partial charge in [-0.15, -0.1) is 0 Å². The lowest BCUT2D eigenvalue weighted by molar-refractivity contribution is -0.123. The lowest BCUT2D eigenvalue weighted by atomic mass is 10.1. The Morgan fingerprint density at radius 1 is 1.12 bits per heavy atom. The molecule has 4 heteroatoms. The minimum Gasteiger partial charge on any atom is -0.484 e. The summed E-state index contributed by atoms with van der Waals surface area (Å²) < 4.78 is 5.49. The van der Waals surface area contributed by atoms with Crippen LogP contribution in [0.3, 0.4) is 0 Å². The largest absolute Gasteiger partial charge is 0.484 e. The SMILES string of the molecule is CCCCc1ccc(OCC(=O)NN=C(C)C=Cc2ccccc2)cc1. The summed E-state index contributed by atoms with van der Waals surface area (Å²) in [7, 11) is 0. The summed E-state index contributed by atoms with van der Waals surface area (Å²) in [6.07, 6.45) is 7.23. The number of nitrogens with one attached hydrogen (secondary N) is 1. The molecule has 0 aliphatic rings. The van der Waals surface area contributed by atoms with Crippen LogP contribution >= 0.6 is 0 Å². The van der Waals surface area contributed by atoms with E-state index < -0.39 is 0 Å². The number of nitrogens with zero attached hydrogens (tertiary/aromatic N) is 1. The van der Waals surface area contributed by atoms with Crippen molar-refractivity contribution >= 4 is 17.7 Å². The second kappa shape index (κ2) is 10.9. The van der Waals surface area contributed by atoms with Crippen LogP contribution in [0.25, 0.3) is 6.08 Å². The maximum Gasteiger partial charge on any atom is 0.277 e. The first-order valence-electron chi connectivity index (χ1n) is 8.95. The average Bonchev–Trinajstić information content (AvgIpc) is 2.69. The molecule has 0 fully saturated rings. The predicted molar refractivity (Wildman–Crippen MR) is 107 cm³/mol. The van der Waals surface area contributed by atoms with Gasteiger partial charge in [-0.25, -0.2) is 5.43 Å². The molecule has 1 amide bonds. The van der Waals surface area contributed by atoms with Crippen molar-refractivity contribution in [1.82, 2.24) is 5.43 Å². The lowest BCUT2D eigenvalue weighted by Gasteiger charge is -2.06. The van der Waals surface area contributed by atoms with Gasteiger partial charge in [-0.05, 0) is 49.1 Å². The van der Waals surface area contributed by atoms with E-state index in [1.807, 2.05) is 73.7 Å². The van der Waals surface area contributed by atoms with Gasteiger partial charge in [0.1, 0.15) is 5.75 Å². The number of carbonyl (C=O) groups is 1. The molecule has 4 nitrogen and oxygen atoms in total. The average molecular weight is 350 g/mol. The first-order valence-corrected chi connectivity index (χ1v) is 8.95. The number of hydrogen-bond donors (Lipinski definition) is 1. The van der Waals surface area contributed by atoms with E-state index >= 15 is 0 Å². The molecule has 2 aromatic rings. The maximum atomic E-state index is 11.8. The molecule has 0 saturated heterocycles. The third-order valence-corrected chi connectivity index (χ3v) is 3.79. The Kier molecular flexibility index (Phi) is 8.13. The van der Waals surface area contributed by atoms with E-state index in [0.29, 0.717) is 11.5 Å². The quantitative estimate of drug-likeness (QED) is 0.530. The van der Waals surface area contributed by atoms with Gasteiger partial charge < -0.3 is 4.74 Å². The molecule has 0 aliphatic heterocycles. The molecule has 2 rings (SSSR count). The number of amides is 1. The number of benzene rings is 2. The highest BCUT2D eigenvalue weighted by Crippen LogP contribution is 2.13. The first-order chi connectivity index (χ1) is 12.7. The van der Waals surface area contributed by atoms with Crippen LogP contribution in [0.4, 0.5) is 0 Å². The van der Waals surface area contributed by atoms with Crippen molar-refractivity contribution in [3.8, 4) is 5.75 Å². The molecule has 0 unspecified atom stereocenters. The smallest absolute Gasteiger partial charge is 0.277 e.